The van der Waals surface area contributed by atoms with Crippen LogP contribution in [0, 0.1) is 11.6 Å². The van der Waals surface area contributed by atoms with Gasteiger partial charge in [-0.05, 0) is 31.5 Å². The Hall–Kier alpha value is -1.73. The molecule has 0 bridgehead atoms. The lowest BCUT2D eigenvalue weighted by Gasteiger charge is -2.37. The van der Waals surface area contributed by atoms with Gasteiger partial charge in [-0.1, -0.05) is 0 Å². The van der Waals surface area contributed by atoms with Crippen molar-refractivity contribution in [3.63, 3.8) is 0 Å². The summed E-state index contributed by atoms with van der Waals surface area (Å²) in [6.45, 7) is 3.12. The van der Waals surface area contributed by atoms with E-state index >= 15 is 0 Å². The van der Waals surface area contributed by atoms with Gasteiger partial charge in [-0.15, -0.1) is 0 Å². The Kier molecular flexibility index (Phi) is 3.77. The first-order chi connectivity index (χ1) is 10.1. The first kappa shape index (κ1) is 14.2. The summed E-state index contributed by atoms with van der Waals surface area (Å²) in [5.74, 6) is 3.00. The van der Waals surface area contributed by atoms with Gasteiger partial charge < -0.3 is 10.3 Å². The van der Waals surface area contributed by atoms with Crippen LogP contribution in [0.4, 0.5) is 14.5 Å². The average molecular weight is 296 g/mol. The molecular formula is C14H18F2N4O. The summed E-state index contributed by atoms with van der Waals surface area (Å²) in [5.41, 5.74) is 1.56. The average Bonchev–Trinajstić information content (AvgIpc) is 2.93. The lowest BCUT2D eigenvalue weighted by Crippen LogP contribution is -2.52. The van der Waals surface area contributed by atoms with Gasteiger partial charge in [0.2, 0.25) is 0 Å². The largest absolute Gasteiger partial charge is 0.336 e. The van der Waals surface area contributed by atoms with Crippen LogP contribution in [0.1, 0.15) is 23.2 Å². The molecule has 1 aromatic carbocycles. The van der Waals surface area contributed by atoms with Crippen molar-refractivity contribution in [2.24, 2.45) is 5.84 Å². The number of hydrogen-bond acceptors (Lipinski definition) is 4. The van der Waals surface area contributed by atoms with E-state index in [1.807, 2.05) is 5.43 Å². The van der Waals surface area contributed by atoms with Gasteiger partial charge in [0.25, 0.3) is 5.91 Å². The molecule has 0 spiro atoms. The Morgan fingerprint density at radius 2 is 1.95 bits per heavy atom. The normalized spacial score (nSPS) is 22.2. The Labute approximate surface area is 121 Å². The molecule has 1 aromatic rings. The van der Waals surface area contributed by atoms with Crippen LogP contribution in [0.15, 0.2) is 12.1 Å². The number of hydrogen-bond donors (Lipinski definition) is 2. The van der Waals surface area contributed by atoms with E-state index in [0.717, 1.165) is 38.1 Å². The summed E-state index contributed by atoms with van der Waals surface area (Å²) >= 11 is 0. The molecule has 0 aromatic heterocycles. The second-order valence-electron chi connectivity index (χ2n) is 5.54. The predicted molar refractivity (Wildman–Crippen MR) is 74.7 cm³/mol. The zero-order chi connectivity index (χ0) is 15.0. The molecule has 2 fully saturated rings. The number of amides is 1. The van der Waals surface area contributed by atoms with Crippen LogP contribution in [0.5, 0.6) is 0 Å². The molecule has 2 saturated heterocycles. The highest BCUT2D eigenvalue weighted by Gasteiger charge is 2.33. The van der Waals surface area contributed by atoms with Gasteiger partial charge in [0.05, 0.1) is 0 Å². The van der Waals surface area contributed by atoms with Gasteiger partial charge in [-0.25, -0.2) is 8.78 Å². The van der Waals surface area contributed by atoms with Gasteiger partial charge in [0.15, 0.2) is 11.6 Å². The van der Waals surface area contributed by atoms with E-state index in [2.05, 4.69) is 4.90 Å². The highest BCUT2D eigenvalue weighted by Crippen LogP contribution is 2.24. The number of fused-ring (bicyclic) bond motifs is 1. The molecular weight excluding hydrogens is 278 g/mol. The molecule has 2 heterocycles. The number of rotatable bonds is 2. The van der Waals surface area contributed by atoms with Crippen molar-refractivity contribution >= 4 is 11.6 Å². The highest BCUT2D eigenvalue weighted by atomic mass is 19.1. The summed E-state index contributed by atoms with van der Waals surface area (Å²) in [5, 5.41) is 0. The standard InChI is InChI=1S/C14H18F2N4O/c15-11-6-9(7-12(16)13(11)18-17)14(21)20-5-4-19-3-1-2-10(19)8-20/h6-7,10,18H,1-5,8,17H2. The topological polar surface area (TPSA) is 61.6 Å². The van der Waals surface area contributed by atoms with Crippen molar-refractivity contribution in [3.05, 3.63) is 29.3 Å². The Balaban J connectivity index is 1.79. The number of piperazine rings is 1. The fraction of sp³-hybridized carbons (Fsp3) is 0.500. The van der Waals surface area contributed by atoms with E-state index in [1.165, 1.54) is 0 Å². The minimum absolute atomic E-state index is 0.0236. The predicted octanol–water partition coefficient (Wildman–Crippen LogP) is 1.17. The molecule has 7 heteroatoms. The van der Waals surface area contributed by atoms with Crippen LogP contribution in [-0.4, -0.2) is 47.9 Å². The Bertz CT molecular complexity index is 543. The first-order valence-electron chi connectivity index (χ1n) is 7.09. The van der Waals surface area contributed by atoms with Crippen LogP contribution in [0.2, 0.25) is 0 Å². The molecule has 21 heavy (non-hydrogen) atoms. The molecule has 0 radical (unpaired) electrons. The first-order valence-corrected chi connectivity index (χ1v) is 7.09. The fourth-order valence-electron chi connectivity index (χ4n) is 3.19. The zero-order valence-electron chi connectivity index (χ0n) is 11.6. The Morgan fingerprint density at radius 3 is 2.62 bits per heavy atom. The van der Waals surface area contributed by atoms with Crippen LogP contribution in [0.3, 0.4) is 0 Å². The van der Waals surface area contributed by atoms with Crippen LogP contribution >= 0.6 is 0 Å². The number of nitrogens with two attached hydrogens (primary N) is 1. The smallest absolute Gasteiger partial charge is 0.254 e. The molecule has 1 amide bonds. The molecule has 2 aliphatic heterocycles. The van der Waals surface area contributed by atoms with Gasteiger partial charge in [0.1, 0.15) is 5.69 Å². The van der Waals surface area contributed by atoms with E-state index in [1.54, 1.807) is 4.90 Å². The zero-order valence-corrected chi connectivity index (χ0v) is 11.6. The third kappa shape index (κ3) is 2.58. The number of hydrazine groups is 1. The fourth-order valence-corrected chi connectivity index (χ4v) is 3.19. The lowest BCUT2D eigenvalue weighted by molar-refractivity contribution is 0.0570. The van der Waals surface area contributed by atoms with E-state index in [4.69, 9.17) is 5.84 Å². The number of nitrogens with zero attached hydrogens (tertiary/aromatic N) is 2. The summed E-state index contributed by atoms with van der Waals surface area (Å²) in [6, 6.07) is 2.44. The van der Waals surface area contributed by atoms with Crippen molar-refractivity contribution in [1.82, 2.24) is 9.80 Å². The monoisotopic (exact) mass is 296 g/mol. The third-order valence-electron chi connectivity index (χ3n) is 4.31. The van der Waals surface area contributed by atoms with E-state index in [0.29, 0.717) is 19.1 Å². The van der Waals surface area contributed by atoms with E-state index in [9.17, 15) is 13.6 Å². The van der Waals surface area contributed by atoms with Crippen molar-refractivity contribution in [3.8, 4) is 0 Å². The number of carbonyl (C=O) groups is 1. The molecule has 0 saturated carbocycles. The molecule has 1 unspecified atom stereocenters. The molecule has 3 N–H and O–H groups in total. The molecule has 0 aliphatic carbocycles. The maximum atomic E-state index is 13.7. The number of halogens is 2. The summed E-state index contributed by atoms with van der Waals surface area (Å²) in [6.07, 6.45) is 2.22. The van der Waals surface area contributed by atoms with E-state index in [-0.39, 0.29) is 11.5 Å². The molecule has 1 atom stereocenters. The van der Waals surface area contributed by atoms with Gasteiger partial charge >= 0.3 is 0 Å². The number of nitrogen functional groups attached to an aromatic ring is 1. The number of anilines is 1. The second kappa shape index (κ2) is 5.57. The number of benzene rings is 1. The SMILES string of the molecule is NNc1c(F)cc(C(=O)N2CCN3CCCC3C2)cc1F. The van der Waals surface area contributed by atoms with Crippen LogP contribution in [-0.2, 0) is 0 Å². The molecule has 3 rings (SSSR count). The van der Waals surface area contributed by atoms with Crippen molar-refractivity contribution < 1.29 is 13.6 Å². The van der Waals surface area contributed by atoms with Crippen molar-refractivity contribution in [2.75, 3.05) is 31.6 Å². The summed E-state index contributed by atoms with van der Waals surface area (Å²) in [4.78, 5) is 16.5. The minimum Gasteiger partial charge on any atom is -0.336 e. The van der Waals surface area contributed by atoms with Gasteiger partial charge in [-0.2, -0.15) is 0 Å². The van der Waals surface area contributed by atoms with Crippen molar-refractivity contribution in [1.29, 1.82) is 0 Å². The second-order valence-corrected chi connectivity index (χ2v) is 5.54. The quantitative estimate of drug-likeness (QED) is 0.635. The van der Waals surface area contributed by atoms with Gasteiger partial charge in [0, 0.05) is 31.2 Å². The third-order valence-corrected chi connectivity index (χ3v) is 4.31. The molecule has 114 valence electrons. The Morgan fingerprint density at radius 1 is 1.24 bits per heavy atom. The lowest BCUT2D eigenvalue weighted by atomic mass is 10.1. The van der Waals surface area contributed by atoms with Gasteiger partial charge in [-0.3, -0.25) is 15.5 Å². The highest BCUT2D eigenvalue weighted by molar-refractivity contribution is 5.94. The number of carbonyl (C=O) groups excluding carboxylic acids is 1. The van der Waals surface area contributed by atoms with Crippen LogP contribution < -0.4 is 11.3 Å². The van der Waals surface area contributed by atoms with Crippen molar-refractivity contribution in [2.45, 2.75) is 18.9 Å². The maximum absolute atomic E-state index is 13.7. The minimum atomic E-state index is -0.861. The molecule has 5 nitrogen and oxygen atoms in total. The molecule has 2 aliphatic rings. The summed E-state index contributed by atoms with van der Waals surface area (Å²) < 4.78 is 27.4. The van der Waals surface area contributed by atoms with Crippen LogP contribution in [0.25, 0.3) is 0 Å². The summed E-state index contributed by atoms with van der Waals surface area (Å²) in [7, 11) is 0. The maximum Gasteiger partial charge on any atom is 0.254 e. The number of nitrogens with one attached hydrogen (secondary N) is 1. The van der Waals surface area contributed by atoms with E-state index < -0.39 is 17.3 Å².